The average molecular weight is 294 g/mol. The first-order valence-electron chi connectivity index (χ1n) is 7.20. The van der Waals surface area contributed by atoms with Crippen molar-refractivity contribution in [3.8, 4) is 5.69 Å². The van der Waals surface area contributed by atoms with E-state index in [2.05, 4.69) is 15.6 Å². The summed E-state index contributed by atoms with van der Waals surface area (Å²) in [6.45, 7) is 2.07. The van der Waals surface area contributed by atoms with Gasteiger partial charge in [-0.25, -0.2) is 4.68 Å². The number of benzene rings is 2. The van der Waals surface area contributed by atoms with Gasteiger partial charge in [0.2, 0.25) is 0 Å². The maximum absolute atomic E-state index is 9.19. The second-order valence-electron chi connectivity index (χ2n) is 5.15. The summed E-state index contributed by atoms with van der Waals surface area (Å²) in [6, 6.07) is 17.6. The van der Waals surface area contributed by atoms with Gasteiger partial charge in [0.1, 0.15) is 5.69 Å². The molecule has 0 spiro atoms. The summed E-state index contributed by atoms with van der Waals surface area (Å²) in [6.07, 6.45) is 1.92. The molecule has 5 nitrogen and oxygen atoms in total. The highest BCUT2D eigenvalue weighted by Gasteiger charge is 2.11. The Hall–Kier alpha value is -2.66. The van der Waals surface area contributed by atoms with Crippen LogP contribution in [0.3, 0.4) is 0 Å². The summed E-state index contributed by atoms with van der Waals surface area (Å²) >= 11 is 0. The molecule has 0 aliphatic carbocycles. The largest absolute Gasteiger partial charge is 0.392 e. The number of aromatic nitrogens is 3. The van der Waals surface area contributed by atoms with Gasteiger partial charge in [-0.2, -0.15) is 0 Å². The Balaban J connectivity index is 1.75. The lowest BCUT2D eigenvalue weighted by atomic mass is 10.2. The first-order chi connectivity index (χ1) is 10.8. The minimum atomic E-state index is 0.0198. The fraction of sp³-hybridized carbons (Fsp3) is 0.176. The van der Waals surface area contributed by atoms with E-state index in [-0.39, 0.29) is 12.6 Å². The van der Waals surface area contributed by atoms with Crippen molar-refractivity contribution in [2.24, 2.45) is 0 Å². The van der Waals surface area contributed by atoms with E-state index in [0.717, 1.165) is 22.6 Å². The zero-order valence-electron chi connectivity index (χ0n) is 12.3. The molecule has 1 heterocycles. The third-order valence-corrected chi connectivity index (χ3v) is 3.47. The van der Waals surface area contributed by atoms with Crippen LogP contribution in [0.1, 0.15) is 24.2 Å². The van der Waals surface area contributed by atoms with Crippen LogP contribution in [0.4, 0.5) is 5.69 Å². The van der Waals surface area contributed by atoms with Gasteiger partial charge >= 0.3 is 0 Å². The Morgan fingerprint density at radius 1 is 1.14 bits per heavy atom. The average Bonchev–Trinajstić information content (AvgIpc) is 3.06. The van der Waals surface area contributed by atoms with E-state index < -0.39 is 0 Å². The number of rotatable bonds is 5. The number of anilines is 1. The molecule has 0 bridgehead atoms. The molecule has 2 aromatic carbocycles. The van der Waals surface area contributed by atoms with Gasteiger partial charge in [-0.05, 0) is 36.8 Å². The van der Waals surface area contributed by atoms with E-state index in [0.29, 0.717) is 0 Å². The molecule has 22 heavy (non-hydrogen) atoms. The van der Waals surface area contributed by atoms with E-state index in [1.807, 2.05) is 67.7 Å². The zero-order valence-corrected chi connectivity index (χ0v) is 12.3. The molecule has 0 aliphatic heterocycles. The number of nitrogens with zero attached hydrogens (tertiary/aromatic N) is 3. The molecular formula is C17H18N4O. The van der Waals surface area contributed by atoms with Crippen molar-refractivity contribution >= 4 is 5.69 Å². The van der Waals surface area contributed by atoms with Gasteiger partial charge in [0, 0.05) is 5.69 Å². The predicted octanol–water partition coefficient (Wildman–Crippen LogP) is 2.93. The second-order valence-corrected chi connectivity index (χ2v) is 5.15. The highest BCUT2D eigenvalue weighted by atomic mass is 16.3. The number of aliphatic hydroxyl groups excluding tert-OH is 1. The van der Waals surface area contributed by atoms with Crippen molar-refractivity contribution in [1.82, 2.24) is 15.0 Å². The lowest BCUT2D eigenvalue weighted by Crippen LogP contribution is -2.07. The summed E-state index contributed by atoms with van der Waals surface area (Å²) in [5.41, 5.74) is 3.67. The topological polar surface area (TPSA) is 63.0 Å². The molecule has 1 atom stereocenters. The smallest absolute Gasteiger partial charge is 0.105 e. The summed E-state index contributed by atoms with van der Waals surface area (Å²) in [7, 11) is 0. The van der Waals surface area contributed by atoms with Crippen molar-refractivity contribution in [2.75, 3.05) is 5.32 Å². The fourth-order valence-electron chi connectivity index (χ4n) is 2.27. The quantitative estimate of drug-likeness (QED) is 0.759. The van der Waals surface area contributed by atoms with Crippen molar-refractivity contribution in [3.63, 3.8) is 0 Å². The van der Waals surface area contributed by atoms with Crippen LogP contribution in [0, 0.1) is 0 Å². The van der Waals surface area contributed by atoms with Crippen molar-refractivity contribution in [1.29, 1.82) is 0 Å². The molecule has 0 amide bonds. The number of hydrogen-bond donors (Lipinski definition) is 2. The van der Waals surface area contributed by atoms with E-state index >= 15 is 0 Å². The summed E-state index contributed by atoms with van der Waals surface area (Å²) in [4.78, 5) is 0. The van der Waals surface area contributed by atoms with Crippen molar-refractivity contribution < 1.29 is 5.11 Å². The summed E-state index contributed by atoms with van der Waals surface area (Å²) in [5, 5.41) is 21.0. The van der Waals surface area contributed by atoms with Gasteiger partial charge in [-0.3, -0.25) is 0 Å². The van der Waals surface area contributed by atoms with Crippen LogP contribution in [0.2, 0.25) is 0 Å². The molecule has 0 aliphatic rings. The number of para-hydroxylation sites is 1. The predicted molar refractivity (Wildman–Crippen MR) is 85.8 cm³/mol. The van der Waals surface area contributed by atoms with Gasteiger partial charge in [-0.1, -0.05) is 35.5 Å². The molecule has 112 valence electrons. The Bertz CT molecular complexity index is 739. The Morgan fingerprint density at radius 3 is 2.73 bits per heavy atom. The summed E-state index contributed by atoms with van der Waals surface area (Å²) < 4.78 is 1.76. The van der Waals surface area contributed by atoms with Crippen LogP contribution >= 0.6 is 0 Å². The summed E-state index contributed by atoms with van der Waals surface area (Å²) in [5.74, 6) is 0. The first kappa shape index (κ1) is 14.3. The molecule has 2 N–H and O–H groups in total. The number of hydrogen-bond acceptors (Lipinski definition) is 4. The standard InChI is InChI=1S/C17H18N4O/c1-13(18-15-7-5-6-14(10-15)12-22)17-11-21(20-19-17)16-8-3-2-4-9-16/h2-11,13,18,22H,12H2,1H3. The molecule has 5 heteroatoms. The molecule has 3 aromatic rings. The fourth-order valence-corrected chi connectivity index (χ4v) is 2.27. The van der Waals surface area contributed by atoms with Crippen LogP contribution in [0.15, 0.2) is 60.8 Å². The number of nitrogens with one attached hydrogen (secondary N) is 1. The van der Waals surface area contributed by atoms with Crippen LogP contribution in [0.25, 0.3) is 5.69 Å². The minimum absolute atomic E-state index is 0.0198. The first-order valence-corrected chi connectivity index (χ1v) is 7.20. The van der Waals surface area contributed by atoms with Gasteiger partial charge in [0.15, 0.2) is 0 Å². The molecule has 1 unspecified atom stereocenters. The normalized spacial score (nSPS) is 12.1. The monoisotopic (exact) mass is 294 g/mol. The molecular weight excluding hydrogens is 276 g/mol. The van der Waals surface area contributed by atoms with E-state index in [1.54, 1.807) is 4.68 Å². The maximum atomic E-state index is 9.19. The third kappa shape index (κ3) is 3.15. The zero-order chi connectivity index (χ0) is 15.4. The van der Waals surface area contributed by atoms with Crippen LogP contribution in [-0.2, 0) is 6.61 Å². The van der Waals surface area contributed by atoms with Gasteiger partial charge in [-0.15, -0.1) is 5.10 Å². The number of aliphatic hydroxyl groups is 1. The van der Waals surface area contributed by atoms with E-state index in [9.17, 15) is 5.11 Å². The van der Waals surface area contributed by atoms with Crippen LogP contribution in [0.5, 0.6) is 0 Å². The highest BCUT2D eigenvalue weighted by molar-refractivity contribution is 5.47. The lowest BCUT2D eigenvalue weighted by molar-refractivity contribution is 0.282. The van der Waals surface area contributed by atoms with Crippen LogP contribution in [-0.4, -0.2) is 20.1 Å². The molecule has 0 fully saturated rings. The SMILES string of the molecule is CC(Nc1cccc(CO)c1)c1cn(-c2ccccc2)nn1. The van der Waals surface area contributed by atoms with Crippen LogP contribution < -0.4 is 5.32 Å². The highest BCUT2D eigenvalue weighted by Crippen LogP contribution is 2.19. The Labute approximate surface area is 129 Å². The molecule has 0 radical (unpaired) electrons. The maximum Gasteiger partial charge on any atom is 0.105 e. The molecule has 3 rings (SSSR count). The minimum Gasteiger partial charge on any atom is -0.392 e. The Morgan fingerprint density at radius 2 is 1.95 bits per heavy atom. The van der Waals surface area contributed by atoms with E-state index in [1.165, 1.54) is 0 Å². The molecule has 0 saturated carbocycles. The van der Waals surface area contributed by atoms with Crippen molar-refractivity contribution in [2.45, 2.75) is 19.6 Å². The molecule has 1 aromatic heterocycles. The van der Waals surface area contributed by atoms with Gasteiger partial charge in [0.05, 0.1) is 24.5 Å². The third-order valence-electron chi connectivity index (χ3n) is 3.47. The van der Waals surface area contributed by atoms with Crippen molar-refractivity contribution in [3.05, 3.63) is 72.1 Å². The van der Waals surface area contributed by atoms with Gasteiger partial charge in [0.25, 0.3) is 0 Å². The van der Waals surface area contributed by atoms with E-state index in [4.69, 9.17) is 0 Å². The van der Waals surface area contributed by atoms with Gasteiger partial charge < -0.3 is 10.4 Å². The molecule has 0 saturated heterocycles. The Kier molecular flexibility index (Phi) is 4.16. The second kappa shape index (κ2) is 6.41. The lowest BCUT2D eigenvalue weighted by Gasteiger charge is -2.13.